The van der Waals surface area contributed by atoms with E-state index in [1.807, 2.05) is 0 Å². The molecule has 0 fully saturated rings. The van der Waals surface area contributed by atoms with Crippen molar-refractivity contribution in [2.75, 3.05) is 21.3 Å². The molecule has 0 spiro atoms. The van der Waals surface area contributed by atoms with Gasteiger partial charge in [-0.05, 0) is 35.7 Å². The number of aliphatic carboxylic acids is 1. The van der Waals surface area contributed by atoms with Crippen LogP contribution >= 0.6 is 0 Å². The second-order valence-electron chi connectivity index (χ2n) is 5.21. The van der Waals surface area contributed by atoms with Crippen LogP contribution in [0.1, 0.15) is 17.0 Å². The number of hydrogen-bond acceptors (Lipinski definition) is 5. The molecule has 0 saturated carbocycles. The fraction of sp³-hybridized carbons (Fsp3) is 0.278. The number of rotatable bonds is 7. The van der Waals surface area contributed by atoms with E-state index in [0.717, 1.165) is 0 Å². The van der Waals surface area contributed by atoms with Crippen molar-refractivity contribution in [1.29, 1.82) is 0 Å². The van der Waals surface area contributed by atoms with Crippen molar-refractivity contribution in [2.45, 2.75) is 12.3 Å². The second-order valence-corrected chi connectivity index (χ2v) is 5.21. The van der Waals surface area contributed by atoms with Crippen LogP contribution in [0.3, 0.4) is 0 Å². The van der Waals surface area contributed by atoms with Gasteiger partial charge in [-0.15, -0.1) is 0 Å². The van der Waals surface area contributed by atoms with Crippen molar-refractivity contribution in [1.82, 2.24) is 0 Å². The van der Waals surface area contributed by atoms with E-state index in [9.17, 15) is 15.0 Å². The number of carbonyl (C=O) groups is 1. The maximum atomic E-state index is 11.7. The molecule has 1 atom stereocenters. The molecule has 0 radical (unpaired) electrons. The Morgan fingerprint density at radius 2 is 1.62 bits per heavy atom. The summed E-state index contributed by atoms with van der Waals surface area (Å²) in [7, 11) is 4.54. The number of carboxylic acids is 1. The lowest BCUT2D eigenvalue weighted by Crippen LogP contribution is -2.15. The van der Waals surface area contributed by atoms with Gasteiger partial charge >= 0.3 is 5.97 Å². The van der Waals surface area contributed by atoms with Crippen LogP contribution < -0.4 is 14.2 Å². The molecule has 0 saturated heterocycles. The number of hydrogen-bond donors (Lipinski definition) is 2. The van der Waals surface area contributed by atoms with Gasteiger partial charge in [0.2, 0.25) is 0 Å². The van der Waals surface area contributed by atoms with E-state index in [1.54, 1.807) is 24.3 Å². The summed E-state index contributed by atoms with van der Waals surface area (Å²) < 4.78 is 15.9. The molecule has 2 aromatic rings. The molecule has 0 aliphatic rings. The van der Waals surface area contributed by atoms with Crippen LogP contribution in [0.4, 0.5) is 0 Å². The largest absolute Gasteiger partial charge is 0.508 e. The van der Waals surface area contributed by atoms with Gasteiger partial charge in [-0.25, -0.2) is 0 Å². The molecular formula is C18H20O6. The minimum Gasteiger partial charge on any atom is -0.508 e. The molecule has 0 bridgehead atoms. The molecule has 0 aliphatic carbocycles. The van der Waals surface area contributed by atoms with Gasteiger partial charge in [0.15, 0.2) is 11.5 Å². The Bertz CT molecular complexity index is 725. The van der Waals surface area contributed by atoms with E-state index in [1.165, 1.54) is 33.5 Å². The first kappa shape index (κ1) is 17.5. The molecule has 128 valence electrons. The number of ether oxygens (including phenoxy) is 3. The molecule has 0 amide bonds. The molecule has 24 heavy (non-hydrogen) atoms. The highest BCUT2D eigenvalue weighted by atomic mass is 16.5. The van der Waals surface area contributed by atoms with Crippen LogP contribution in [0.2, 0.25) is 0 Å². The van der Waals surface area contributed by atoms with Crippen molar-refractivity contribution in [3.63, 3.8) is 0 Å². The number of phenols is 1. The zero-order chi connectivity index (χ0) is 17.7. The molecule has 0 heterocycles. The lowest BCUT2D eigenvalue weighted by Gasteiger charge is -2.18. The smallest absolute Gasteiger partial charge is 0.311 e. The number of benzene rings is 2. The molecule has 6 heteroatoms. The Kier molecular flexibility index (Phi) is 5.52. The zero-order valence-corrected chi connectivity index (χ0v) is 13.8. The average molecular weight is 332 g/mol. The second kappa shape index (κ2) is 7.59. The first-order chi connectivity index (χ1) is 11.5. The molecule has 2 aromatic carbocycles. The number of carboxylic acid groups (broad SMARTS) is 1. The minimum absolute atomic E-state index is 0.0260. The standard InChI is InChI=1S/C18H20O6/c1-22-15-10-17(24-3)16(23-2)9-12(15)8-14(18(20)21)11-5-4-6-13(19)7-11/h4-7,9-10,14,19H,8H2,1-3H3,(H,20,21). The first-order valence-electron chi connectivity index (χ1n) is 7.30. The Balaban J connectivity index is 2.44. The third-order valence-corrected chi connectivity index (χ3v) is 3.78. The monoisotopic (exact) mass is 332 g/mol. The first-order valence-corrected chi connectivity index (χ1v) is 7.30. The maximum Gasteiger partial charge on any atom is 0.311 e. The van der Waals surface area contributed by atoms with Gasteiger partial charge in [-0.3, -0.25) is 4.79 Å². The number of phenolic OH excluding ortho intramolecular Hbond substituents is 1. The SMILES string of the molecule is COc1cc(OC)c(OC)cc1CC(C(=O)O)c1cccc(O)c1. The topological polar surface area (TPSA) is 85.2 Å². The summed E-state index contributed by atoms with van der Waals surface area (Å²) in [5.41, 5.74) is 1.19. The van der Waals surface area contributed by atoms with Gasteiger partial charge in [0.1, 0.15) is 11.5 Å². The van der Waals surface area contributed by atoms with Crippen LogP contribution in [0.5, 0.6) is 23.0 Å². The van der Waals surface area contributed by atoms with Crippen molar-refractivity contribution < 1.29 is 29.2 Å². The van der Waals surface area contributed by atoms with E-state index in [4.69, 9.17) is 14.2 Å². The third kappa shape index (κ3) is 3.71. The number of methoxy groups -OCH3 is 3. The van der Waals surface area contributed by atoms with Gasteiger partial charge in [-0.1, -0.05) is 12.1 Å². The summed E-state index contributed by atoms with van der Waals surface area (Å²) in [6.07, 6.45) is 0.183. The Labute approximate surface area is 140 Å². The van der Waals surface area contributed by atoms with E-state index < -0.39 is 11.9 Å². The Morgan fingerprint density at radius 1 is 1.00 bits per heavy atom. The summed E-state index contributed by atoms with van der Waals surface area (Å²) >= 11 is 0. The normalized spacial score (nSPS) is 11.6. The fourth-order valence-electron chi connectivity index (χ4n) is 2.56. The summed E-state index contributed by atoms with van der Waals surface area (Å²) in [5, 5.41) is 19.2. The maximum absolute atomic E-state index is 11.7. The molecule has 6 nitrogen and oxygen atoms in total. The highest BCUT2D eigenvalue weighted by molar-refractivity contribution is 5.77. The summed E-state index contributed by atoms with van der Waals surface area (Å²) in [4.78, 5) is 11.7. The van der Waals surface area contributed by atoms with Gasteiger partial charge in [0.05, 0.1) is 27.2 Å². The molecular weight excluding hydrogens is 312 g/mol. The lowest BCUT2D eigenvalue weighted by atomic mass is 9.91. The highest BCUT2D eigenvalue weighted by Gasteiger charge is 2.23. The molecule has 0 aliphatic heterocycles. The van der Waals surface area contributed by atoms with Gasteiger partial charge in [0.25, 0.3) is 0 Å². The minimum atomic E-state index is -0.988. The van der Waals surface area contributed by atoms with Crippen molar-refractivity contribution in [3.05, 3.63) is 47.5 Å². The molecule has 0 aromatic heterocycles. The molecule has 2 N–H and O–H groups in total. The predicted molar refractivity (Wildman–Crippen MR) is 88.3 cm³/mol. The van der Waals surface area contributed by atoms with Gasteiger partial charge < -0.3 is 24.4 Å². The fourth-order valence-corrected chi connectivity index (χ4v) is 2.56. The predicted octanol–water partition coefficient (Wildman–Crippen LogP) is 2.83. The summed E-state index contributed by atoms with van der Waals surface area (Å²) in [6.45, 7) is 0. The van der Waals surface area contributed by atoms with Gasteiger partial charge in [0, 0.05) is 6.07 Å². The van der Waals surface area contributed by atoms with Crippen LogP contribution in [0, 0.1) is 0 Å². The van der Waals surface area contributed by atoms with Crippen LogP contribution in [0.25, 0.3) is 0 Å². The number of aromatic hydroxyl groups is 1. The summed E-state index contributed by atoms with van der Waals surface area (Å²) in [6, 6.07) is 9.61. The van der Waals surface area contributed by atoms with Crippen LogP contribution in [-0.2, 0) is 11.2 Å². The zero-order valence-electron chi connectivity index (χ0n) is 13.8. The van der Waals surface area contributed by atoms with Gasteiger partial charge in [-0.2, -0.15) is 0 Å². The average Bonchev–Trinajstić information content (AvgIpc) is 2.58. The third-order valence-electron chi connectivity index (χ3n) is 3.78. The summed E-state index contributed by atoms with van der Waals surface area (Å²) in [5.74, 6) is -0.283. The highest BCUT2D eigenvalue weighted by Crippen LogP contribution is 2.37. The lowest BCUT2D eigenvalue weighted by molar-refractivity contribution is -0.138. The van der Waals surface area contributed by atoms with Crippen LogP contribution in [0.15, 0.2) is 36.4 Å². The van der Waals surface area contributed by atoms with E-state index in [-0.39, 0.29) is 12.2 Å². The van der Waals surface area contributed by atoms with E-state index in [2.05, 4.69) is 0 Å². The van der Waals surface area contributed by atoms with Crippen molar-refractivity contribution in [2.24, 2.45) is 0 Å². The Morgan fingerprint density at radius 3 is 2.17 bits per heavy atom. The van der Waals surface area contributed by atoms with Crippen LogP contribution in [-0.4, -0.2) is 37.5 Å². The van der Waals surface area contributed by atoms with Crippen molar-refractivity contribution in [3.8, 4) is 23.0 Å². The Hall–Kier alpha value is -2.89. The molecule has 2 rings (SSSR count). The van der Waals surface area contributed by atoms with Crippen molar-refractivity contribution >= 4 is 5.97 Å². The van der Waals surface area contributed by atoms with E-state index in [0.29, 0.717) is 28.4 Å². The quantitative estimate of drug-likeness (QED) is 0.811. The molecule has 1 unspecified atom stereocenters. The van der Waals surface area contributed by atoms with E-state index >= 15 is 0 Å².